The third-order valence-corrected chi connectivity index (χ3v) is 4.44. The van der Waals surface area contributed by atoms with Crippen LogP contribution in [0, 0.1) is 0 Å². The summed E-state index contributed by atoms with van der Waals surface area (Å²) in [6, 6.07) is 8.03. The van der Waals surface area contributed by atoms with E-state index >= 15 is 0 Å². The van der Waals surface area contributed by atoms with Crippen LogP contribution in [0.5, 0.6) is 0 Å². The number of aliphatic hydroxyl groups excluding tert-OH is 1. The van der Waals surface area contributed by atoms with Crippen molar-refractivity contribution in [2.45, 2.75) is 6.10 Å². The van der Waals surface area contributed by atoms with E-state index in [4.69, 9.17) is 0 Å². The zero-order valence-corrected chi connectivity index (χ0v) is 11.9. The predicted octanol–water partition coefficient (Wildman–Crippen LogP) is 2.87. The van der Waals surface area contributed by atoms with Crippen LogP contribution in [0.15, 0.2) is 34.2 Å². The van der Waals surface area contributed by atoms with Gasteiger partial charge in [-0.05, 0) is 32.8 Å². The predicted molar refractivity (Wildman–Crippen MR) is 74.6 cm³/mol. The summed E-state index contributed by atoms with van der Waals surface area (Å²) in [7, 11) is 1.77. The van der Waals surface area contributed by atoms with Crippen LogP contribution in [-0.2, 0) is 7.05 Å². The molecule has 0 aliphatic carbocycles. The summed E-state index contributed by atoms with van der Waals surface area (Å²) in [5.74, 6) is 0. The van der Waals surface area contributed by atoms with Gasteiger partial charge in [-0.15, -0.1) is 16.4 Å². The normalized spacial score (nSPS) is 13.1. The first-order chi connectivity index (χ1) is 8.68. The minimum Gasteiger partial charge on any atom is -0.382 e. The molecule has 0 saturated carbocycles. The molecule has 0 radical (unpaired) electrons. The Hall–Kier alpha value is -1.24. The van der Waals surface area contributed by atoms with Gasteiger partial charge in [-0.2, -0.15) is 0 Å². The number of rotatable bonds is 2. The Morgan fingerprint density at radius 1 is 1.39 bits per heavy atom. The molecular weight excluding hydrogens is 314 g/mol. The van der Waals surface area contributed by atoms with E-state index in [0.29, 0.717) is 10.3 Å². The van der Waals surface area contributed by atoms with Crippen LogP contribution in [0.25, 0.3) is 10.1 Å². The molecule has 92 valence electrons. The highest BCUT2D eigenvalue weighted by atomic mass is 79.9. The lowest BCUT2D eigenvalue weighted by Gasteiger charge is -2.10. The number of hydrogen-bond acceptors (Lipinski definition) is 4. The zero-order chi connectivity index (χ0) is 12.7. The molecular formula is C12H10BrN3OS. The molecule has 0 bridgehead atoms. The molecule has 6 heteroatoms. The van der Waals surface area contributed by atoms with Gasteiger partial charge in [0.1, 0.15) is 11.8 Å². The summed E-state index contributed by atoms with van der Waals surface area (Å²) >= 11 is 4.94. The van der Waals surface area contributed by atoms with Crippen molar-refractivity contribution in [2.24, 2.45) is 7.05 Å². The number of halogens is 1. The highest BCUT2D eigenvalue weighted by Gasteiger charge is 2.22. The molecule has 0 aliphatic heterocycles. The molecule has 1 aromatic carbocycles. The minimum atomic E-state index is -0.726. The van der Waals surface area contributed by atoms with E-state index in [1.165, 1.54) is 0 Å². The van der Waals surface area contributed by atoms with Gasteiger partial charge in [0, 0.05) is 17.3 Å². The highest BCUT2D eigenvalue weighted by Crippen LogP contribution is 2.34. The lowest BCUT2D eigenvalue weighted by atomic mass is 10.1. The molecule has 0 aliphatic rings. The Balaban J connectivity index is 2.15. The minimum absolute atomic E-state index is 0.577. The fourth-order valence-electron chi connectivity index (χ4n) is 1.99. The van der Waals surface area contributed by atoms with Crippen molar-refractivity contribution < 1.29 is 5.11 Å². The maximum absolute atomic E-state index is 10.5. The van der Waals surface area contributed by atoms with E-state index in [0.717, 1.165) is 15.6 Å². The van der Waals surface area contributed by atoms with Gasteiger partial charge in [-0.3, -0.25) is 0 Å². The van der Waals surface area contributed by atoms with E-state index < -0.39 is 6.10 Å². The van der Waals surface area contributed by atoms with E-state index in [-0.39, 0.29) is 0 Å². The molecule has 0 spiro atoms. The third kappa shape index (κ3) is 1.77. The average molecular weight is 324 g/mol. The molecule has 0 saturated heterocycles. The fourth-order valence-corrected chi connectivity index (χ4v) is 3.51. The second-order valence-corrected chi connectivity index (χ2v) is 5.64. The summed E-state index contributed by atoms with van der Waals surface area (Å²) in [6.07, 6.45) is -0.726. The maximum Gasteiger partial charge on any atom is 0.154 e. The van der Waals surface area contributed by atoms with Gasteiger partial charge in [-0.1, -0.05) is 23.4 Å². The van der Waals surface area contributed by atoms with Gasteiger partial charge in [-0.25, -0.2) is 4.68 Å². The van der Waals surface area contributed by atoms with E-state index in [9.17, 15) is 5.11 Å². The number of thiophene rings is 1. The average Bonchev–Trinajstić information content (AvgIpc) is 2.93. The van der Waals surface area contributed by atoms with Crippen molar-refractivity contribution in [3.63, 3.8) is 0 Å². The van der Waals surface area contributed by atoms with Crippen LogP contribution in [-0.4, -0.2) is 20.1 Å². The van der Waals surface area contributed by atoms with E-state index in [1.54, 1.807) is 23.1 Å². The monoisotopic (exact) mass is 323 g/mol. The summed E-state index contributed by atoms with van der Waals surface area (Å²) in [5.41, 5.74) is 1.56. The largest absolute Gasteiger partial charge is 0.382 e. The number of aliphatic hydroxyl groups is 1. The molecule has 1 unspecified atom stereocenters. The maximum atomic E-state index is 10.5. The first kappa shape index (κ1) is 11.8. The van der Waals surface area contributed by atoms with Crippen LogP contribution in [0.2, 0.25) is 0 Å². The Kier molecular flexibility index (Phi) is 2.93. The summed E-state index contributed by atoms with van der Waals surface area (Å²) in [4.78, 5) is 0. The van der Waals surface area contributed by atoms with Gasteiger partial charge in [0.05, 0.1) is 0 Å². The number of benzene rings is 1. The van der Waals surface area contributed by atoms with Gasteiger partial charge in [0.15, 0.2) is 4.60 Å². The van der Waals surface area contributed by atoms with Crippen LogP contribution in [0.4, 0.5) is 0 Å². The molecule has 2 heterocycles. The van der Waals surface area contributed by atoms with Crippen molar-refractivity contribution in [3.05, 3.63) is 45.5 Å². The number of nitrogens with zero attached hydrogens (tertiary/aromatic N) is 3. The molecule has 2 aromatic heterocycles. The molecule has 0 amide bonds. The number of hydrogen-bond donors (Lipinski definition) is 1. The van der Waals surface area contributed by atoms with Gasteiger partial charge in [0.25, 0.3) is 0 Å². The van der Waals surface area contributed by atoms with Gasteiger partial charge < -0.3 is 5.11 Å². The van der Waals surface area contributed by atoms with Gasteiger partial charge in [0.2, 0.25) is 0 Å². The van der Waals surface area contributed by atoms with Crippen molar-refractivity contribution in [1.82, 2.24) is 15.0 Å². The van der Waals surface area contributed by atoms with Crippen molar-refractivity contribution in [3.8, 4) is 0 Å². The Morgan fingerprint density at radius 2 is 2.17 bits per heavy atom. The Morgan fingerprint density at radius 3 is 2.89 bits per heavy atom. The molecule has 1 atom stereocenters. The topological polar surface area (TPSA) is 50.9 Å². The first-order valence-corrected chi connectivity index (χ1v) is 7.05. The third-order valence-electron chi connectivity index (χ3n) is 2.89. The highest BCUT2D eigenvalue weighted by molar-refractivity contribution is 9.10. The van der Waals surface area contributed by atoms with Gasteiger partial charge >= 0.3 is 0 Å². The first-order valence-electron chi connectivity index (χ1n) is 5.37. The van der Waals surface area contributed by atoms with Crippen LogP contribution in [0.3, 0.4) is 0 Å². The molecule has 3 rings (SSSR count). The summed E-state index contributed by atoms with van der Waals surface area (Å²) < 4.78 is 3.33. The van der Waals surface area contributed by atoms with Crippen molar-refractivity contribution in [2.75, 3.05) is 0 Å². The number of aromatic nitrogens is 3. The summed E-state index contributed by atoms with van der Waals surface area (Å²) in [6.45, 7) is 0. The second-order valence-electron chi connectivity index (χ2n) is 3.98. The van der Waals surface area contributed by atoms with Crippen LogP contribution >= 0.6 is 27.3 Å². The smallest absolute Gasteiger partial charge is 0.154 e. The van der Waals surface area contributed by atoms with E-state index in [1.807, 2.05) is 29.6 Å². The molecule has 4 nitrogen and oxygen atoms in total. The van der Waals surface area contributed by atoms with Crippen molar-refractivity contribution >= 4 is 37.4 Å². The zero-order valence-electron chi connectivity index (χ0n) is 9.54. The van der Waals surface area contributed by atoms with Crippen LogP contribution < -0.4 is 0 Å². The molecule has 1 N–H and O–H groups in total. The number of fused-ring (bicyclic) bond motifs is 1. The molecule has 18 heavy (non-hydrogen) atoms. The molecule has 3 aromatic rings. The standard InChI is InChI=1S/C12H10BrN3OS/c1-16-10(12(13)14-15-16)11(17)8-6-18-9-5-3-2-4-7(8)9/h2-6,11,17H,1H3. The lowest BCUT2D eigenvalue weighted by Crippen LogP contribution is -2.06. The fraction of sp³-hybridized carbons (Fsp3) is 0.167. The van der Waals surface area contributed by atoms with Crippen LogP contribution in [0.1, 0.15) is 17.4 Å². The Bertz CT molecular complexity index is 687. The summed E-state index contributed by atoms with van der Waals surface area (Å²) in [5, 5.41) is 21.3. The van der Waals surface area contributed by atoms with E-state index in [2.05, 4.69) is 26.2 Å². The quantitative estimate of drug-likeness (QED) is 0.789. The Labute approximate surface area is 116 Å². The SMILES string of the molecule is Cn1nnc(Br)c1C(O)c1csc2ccccc12. The lowest BCUT2D eigenvalue weighted by molar-refractivity contribution is 0.211. The molecule has 0 fully saturated rings. The number of aryl methyl sites for hydroxylation is 1. The second kappa shape index (κ2) is 4.46. The van der Waals surface area contributed by atoms with Crippen molar-refractivity contribution in [1.29, 1.82) is 0 Å².